The Morgan fingerprint density at radius 3 is 2.60 bits per heavy atom. The molecule has 6 heteroatoms. The molecule has 0 aromatic carbocycles. The van der Waals surface area contributed by atoms with Gasteiger partial charge in [0.05, 0.1) is 25.5 Å². The van der Waals surface area contributed by atoms with Gasteiger partial charge in [-0.1, -0.05) is 0 Å². The molecule has 1 unspecified atom stereocenters. The van der Waals surface area contributed by atoms with Crippen molar-refractivity contribution in [2.45, 2.75) is 12.8 Å². The Hall–Kier alpha value is -0.590. The van der Waals surface area contributed by atoms with Gasteiger partial charge in [-0.05, 0) is 12.8 Å². The van der Waals surface area contributed by atoms with Crippen molar-refractivity contribution >= 4 is 10.1 Å². The lowest BCUT2D eigenvalue weighted by Gasteiger charge is -2.27. The second-order valence-electron chi connectivity index (χ2n) is 4.39. The lowest BCUT2D eigenvalue weighted by atomic mass is 10.3. The maximum atomic E-state index is 10.5. The fraction of sp³-hybridized carbons (Fsp3) is 0.778. The molecule has 5 nitrogen and oxygen atoms in total. The smallest absolute Gasteiger partial charge is 0.264 e. The fourth-order valence-electron chi connectivity index (χ4n) is 1.78. The first-order chi connectivity index (χ1) is 6.81. The first-order valence-corrected chi connectivity index (χ1v) is 6.61. The van der Waals surface area contributed by atoms with Crippen LogP contribution in [-0.2, 0) is 10.1 Å². The van der Waals surface area contributed by atoms with E-state index in [2.05, 4.69) is 18.1 Å². The zero-order valence-electron chi connectivity index (χ0n) is 9.26. The normalized spacial score (nSPS) is 26.2. The molecule has 0 saturated heterocycles. The third-order valence-corrected chi connectivity index (χ3v) is 3.35. The minimum atomic E-state index is -3.79. The van der Waals surface area contributed by atoms with E-state index in [1.165, 1.54) is 0 Å². The van der Waals surface area contributed by atoms with Crippen LogP contribution in [0.1, 0.15) is 12.8 Å². The second-order valence-corrected chi connectivity index (χ2v) is 5.96. The molecule has 1 aliphatic heterocycles. The molecule has 1 aliphatic rings. The fourth-order valence-corrected chi connectivity index (χ4v) is 2.35. The van der Waals surface area contributed by atoms with Crippen LogP contribution in [0.4, 0.5) is 0 Å². The van der Waals surface area contributed by atoms with Crippen molar-refractivity contribution < 1.29 is 17.5 Å². The maximum absolute atomic E-state index is 10.5. The number of quaternary nitrogens is 1. The summed E-state index contributed by atoms with van der Waals surface area (Å²) in [5.74, 6) is -0.132. The summed E-state index contributed by atoms with van der Waals surface area (Å²) >= 11 is 0. The number of hydrogen-bond donors (Lipinski definition) is 1. The van der Waals surface area contributed by atoms with Crippen LogP contribution in [0.2, 0.25) is 0 Å². The third-order valence-electron chi connectivity index (χ3n) is 2.55. The van der Waals surface area contributed by atoms with Crippen LogP contribution in [0.5, 0.6) is 0 Å². The monoisotopic (exact) mass is 235 g/mol. The molecule has 0 saturated carbocycles. The zero-order valence-corrected chi connectivity index (χ0v) is 10.1. The van der Waals surface area contributed by atoms with Crippen molar-refractivity contribution in [2.24, 2.45) is 0 Å². The Balaban J connectivity index is 2.24. The third kappa shape index (κ3) is 4.63. The van der Waals surface area contributed by atoms with Crippen molar-refractivity contribution in [3.63, 3.8) is 0 Å². The number of hydrogen-bond acceptors (Lipinski definition) is 3. The lowest BCUT2D eigenvalue weighted by molar-refractivity contribution is -0.861. The average Bonchev–Trinajstić information content (AvgIpc) is 2.40. The average molecular weight is 235 g/mol. The molecule has 0 fully saturated rings. The quantitative estimate of drug-likeness (QED) is 0.428. The van der Waals surface area contributed by atoms with Gasteiger partial charge in [-0.25, -0.2) is 0 Å². The molecule has 0 aliphatic carbocycles. The predicted octanol–water partition coefficient (Wildman–Crippen LogP) is 0.475. The Morgan fingerprint density at radius 2 is 2.13 bits per heavy atom. The highest BCUT2D eigenvalue weighted by Crippen LogP contribution is 2.14. The van der Waals surface area contributed by atoms with Gasteiger partial charge in [0, 0.05) is 7.05 Å². The van der Waals surface area contributed by atoms with Crippen LogP contribution in [-0.4, -0.2) is 55.4 Å². The SMILES string of the molecule is CN1C=C[N+](C)(CCCCS(=O)(=O)O)C1. The minimum absolute atomic E-state index is 0.132. The summed E-state index contributed by atoms with van der Waals surface area (Å²) in [6, 6.07) is 0. The standard InChI is InChI=1S/C9H18N2O3S/c1-10-5-7-11(2,9-10)6-3-4-8-15(12,13)14/h5,7H,3-4,6,8-9H2,1-2H3/p+1. The molecular weight excluding hydrogens is 216 g/mol. The van der Waals surface area contributed by atoms with Crippen molar-refractivity contribution in [3.05, 3.63) is 12.4 Å². The van der Waals surface area contributed by atoms with E-state index in [-0.39, 0.29) is 5.75 Å². The van der Waals surface area contributed by atoms with Crippen molar-refractivity contribution in [2.75, 3.05) is 33.1 Å². The van der Waals surface area contributed by atoms with Crippen molar-refractivity contribution in [1.29, 1.82) is 0 Å². The van der Waals surface area contributed by atoms with Crippen molar-refractivity contribution in [3.8, 4) is 0 Å². The lowest BCUT2D eigenvalue weighted by Crippen LogP contribution is -2.40. The zero-order chi connectivity index (χ0) is 11.5. The molecule has 0 spiro atoms. The van der Waals surface area contributed by atoms with E-state index in [0.717, 1.165) is 24.1 Å². The summed E-state index contributed by atoms with van der Waals surface area (Å²) in [5.41, 5.74) is 0. The molecule has 1 rings (SSSR count). The summed E-state index contributed by atoms with van der Waals surface area (Å²) in [6.45, 7) is 1.82. The van der Waals surface area contributed by atoms with Gasteiger partial charge in [0.15, 0.2) is 6.67 Å². The van der Waals surface area contributed by atoms with E-state index in [1.807, 2.05) is 13.2 Å². The van der Waals surface area contributed by atoms with Crippen LogP contribution in [0.3, 0.4) is 0 Å². The Bertz CT molecular complexity index is 339. The molecule has 0 aromatic rings. The van der Waals surface area contributed by atoms with Gasteiger partial charge in [-0.2, -0.15) is 8.42 Å². The highest BCUT2D eigenvalue weighted by molar-refractivity contribution is 7.85. The largest absolute Gasteiger partial charge is 0.329 e. The molecule has 0 amide bonds. The predicted molar refractivity (Wildman–Crippen MR) is 58.5 cm³/mol. The minimum Gasteiger partial charge on any atom is -0.329 e. The van der Waals surface area contributed by atoms with Crippen LogP contribution >= 0.6 is 0 Å². The summed E-state index contributed by atoms with van der Waals surface area (Å²) in [6.07, 6.45) is 5.45. The maximum Gasteiger partial charge on any atom is 0.264 e. The molecule has 15 heavy (non-hydrogen) atoms. The highest BCUT2D eigenvalue weighted by atomic mass is 32.2. The molecule has 1 atom stereocenters. The summed E-state index contributed by atoms with van der Waals surface area (Å²) in [5, 5.41) is 0. The van der Waals surface area contributed by atoms with E-state index >= 15 is 0 Å². The van der Waals surface area contributed by atoms with Crippen LogP contribution in [0.15, 0.2) is 12.4 Å². The van der Waals surface area contributed by atoms with Crippen LogP contribution in [0, 0.1) is 0 Å². The molecule has 0 bridgehead atoms. The molecule has 1 heterocycles. The van der Waals surface area contributed by atoms with Crippen LogP contribution in [0.25, 0.3) is 0 Å². The Labute approximate surface area is 91.3 Å². The molecule has 0 radical (unpaired) electrons. The highest BCUT2D eigenvalue weighted by Gasteiger charge is 2.24. The summed E-state index contributed by atoms with van der Waals surface area (Å²) in [4.78, 5) is 2.10. The first-order valence-electron chi connectivity index (χ1n) is 5.00. The molecule has 88 valence electrons. The van der Waals surface area contributed by atoms with Gasteiger partial charge in [-0.3, -0.25) is 9.04 Å². The van der Waals surface area contributed by atoms with Crippen LogP contribution < -0.4 is 0 Å². The van der Waals surface area contributed by atoms with Gasteiger partial charge >= 0.3 is 0 Å². The van der Waals surface area contributed by atoms with Gasteiger partial charge in [-0.15, -0.1) is 0 Å². The van der Waals surface area contributed by atoms with Gasteiger partial charge in [0.2, 0.25) is 0 Å². The molecule has 1 N–H and O–H groups in total. The van der Waals surface area contributed by atoms with E-state index in [4.69, 9.17) is 4.55 Å². The Kier molecular flexibility index (Phi) is 3.75. The summed E-state index contributed by atoms with van der Waals surface area (Å²) < 4.78 is 30.3. The van der Waals surface area contributed by atoms with Crippen molar-refractivity contribution in [1.82, 2.24) is 4.90 Å². The first kappa shape index (κ1) is 12.5. The topological polar surface area (TPSA) is 57.6 Å². The number of rotatable bonds is 5. The van der Waals surface area contributed by atoms with E-state index in [0.29, 0.717) is 6.42 Å². The van der Waals surface area contributed by atoms with Gasteiger partial charge in [0.1, 0.15) is 6.20 Å². The van der Waals surface area contributed by atoms with Gasteiger partial charge < -0.3 is 4.90 Å². The van der Waals surface area contributed by atoms with E-state index < -0.39 is 10.1 Å². The number of unbranched alkanes of at least 4 members (excludes halogenated alkanes) is 1. The Morgan fingerprint density at radius 1 is 1.47 bits per heavy atom. The van der Waals surface area contributed by atoms with E-state index in [1.54, 1.807) is 0 Å². The van der Waals surface area contributed by atoms with E-state index in [9.17, 15) is 8.42 Å². The van der Waals surface area contributed by atoms with Gasteiger partial charge in [0.25, 0.3) is 10.1 Å². The summed E-state index contributed by atoms with van der Waals surface area (Å²) in [7, 11) is 0.331. The molecular formula is C9H19N2O3S+. The second kappa shape index (κ2) is 4.51. The molecule has 0 aromatic heterocycles. The number of nitrogens with zero attached hydrogens (tertiary/aromatic N) is 2.